The standard InChI is InChI=1S/C27H24N2O5/c1-3-33-27(32)19-13-15-20(16-14-19)28-25(30)22-23(18-10-5-4-6-11-18)29(34-24(22)26(28)31)21-12-8-7-9-17(21)2/h4-16,22-24H,3H2,1-2H3/t22-,23-,24+/m0/s1. The van der Waals surface area contributed by atoms with Crippen LogP contribution in [0.25, 0.3) is 0 Å². The topological polar surface area (TPSA) is 76.2 Å². The van der Waals surface area contributed by atoms with Crippen LogP contribution in [-0.2, 0) is 19.2 Å². The summed E-state index contributed by atoms with van der Waals surface area (Å²) in [6.45, 7) is 3.97. The molecule has 0 spiro atoms. The lowest BCUT2D eigenvalue weighted by Gasteiger charge is -2.29. The molecule has 3 aromatic carbocycles. The minimum absolute atomic E-state index is 0.267. The number of rotatable bonds is 5. The van der Waals surface area contributed by atoms with Gasteiger partial charge in [-0.1, -0.05) is 48.5 Å². The second kappa shape index (κ2) is 8.76. The SMILES string of the molecule is CCOC(=O)c1ccc(N2C(=O)[C@@H]3[C@@H](ON(c4ccccc4C)[C@H]3c3ccccc3)C2=O)cc1. The number of hydroxylamine groups is 1. The minimum Gasteiger partial charge on any atom is -0.462 e. The number of hydrogen-bond donors (Lipinski definition) is 0. The lowest BCUT2D eigenvalue weighted by molar-refractivity contribution is -0.126. The number of carbonyl (C=O) groups is 3. The predicted molar refractivity (Wildman–Crippen MR) is 126 cm³/mol. The van der Waals surface area contributed by atoms with Crippen LogP contribution in [0.1, 0.15) is 34.5 Å². The molecule has 7 nitrogen and oxygen atoms in total. The average Bonchev–Trinajstić information content (AvgIpc) is 3.36. The fourth-order valence-corrected chi connectivity index (χ4v) is 4.64. The quantitative estimate of drug-likeness (QED) is 0.423. The van der Waals surface area contributed by atoms with E-state index in [0.717, 1.165) is 21.7 Å². The lowest BCUT2D eigenvalue weighted by Crippen LogP contribution is -2.37. The van der Waals surface area contributed by atoms with Crippen LogP contribution in [0.2, 0.25) is 0 Å². The summed E-state index contributed by atoms with van der Waals surface area (Å²) in [7, 11) is 0. The predicted octanol–water partition coefficient (Wildman–Crippen LogP) is 4.22. The molecule has 0 aromatic heterocycles. The zero-order valence-electron chi connectivity index (χ0n) is 18.9. The van der Waals surface area contributed by atoms with Crippen molar-refractivity contribution in [3.8, 4) is 0 Å². The normalized spacial score (nSPS) is 21.6. The van der Waals surface area contributed by atoms with E-state index in [2.05, 4.69) is 0 Å². The number of aryl methyl sites for hydroxylation is 1. The van der Waals surface area contributed by atoms with Crippen LogP contribution in [0.4, 0.5) is 11.4 Å². The first-order valence-corrected chi connectivity index (χ1v) is 11.2. The molecule has 2 aliphatic heterocycles. The Labute approximate surface area is 197 Å². The molecule has 0 radical (unpaired) electrons. The van der Waals surface area contributed by atoms with Gasteiger partial charge in [-0.05, 0) is 55.3 Å². The van der Waals surface area contributed by atoms with Crippen molar-refractivity contribution < 1.29 is 24.0 Å². The van der Waals surface area contributed by atoms with E-state index in [4.69, 9.17) is 9.57 Å². The highest BCUT2D eigenvalue weighted by Crippen LogP contribution is 2.48. The van der Waals surface area contributed by atoms with E-state index in [1.807, 2.05) is 61.5 Å². The summed E-state index contributed by atoms with van der Waals surface area (Å²) in [6, 6.07) is 23.1. The molecule has 5 rings (SSSR count). The number of benzene rings is 3. The van der Waals surface area contributed by atoms with Gasteiger partial charge in [-0.2, -0.15) is 0 Å². The van der Waals surface area contributed by atoms with Crippen LogP contribution in [0.5, 0.6) is 0 Å². The smallest absolute Gasteiger partial charge is 0.338 e. The van der Waals surface area contributed by atoms with E-state index in [1.165, 1.54) is 0 Å². The molecular formula is C27H24N2O5. The zero-order chi connectivity index (χ0) is 23.8. The highest BCUT2D eigenvalue weighted by molar-refractivity contribution is 6.24. The second-order valence-corrected chi connectivity index (χ2v) is 8.30. The molecule has 2 fully saturated rings. The summed E-state index contributed by atoms with van der Waals surface area (Å²) in [5.74, 6) is -1.91. The molecule has 7 heteroatoms. The van der Waals surface area contributed by atoms with E-state index in [9.17, 15) is 14.4 Å². The van der Waals surface area contributed by atoms with Crippen molar-refractivity contribution in [2.45, 2.75) is 26.0 Å². The zero-order valence-corrected chi connectivity index (χ0v) is 18.9. The van der Waals surface area contributed by atoms with Crippen molar-refractivity contribution in [2.24, 2.45) is 5.92 Å². The van der Waals surface area contributed by atoms with Crippen LogP contribution in [0.15, 0.2) is 78.9 Å². The number of anilines is 2. The number of nitrogens with zero attached hydrogens (tertiary/aromatic N) is 2. The summed E-state index contributed by atoms with van der Waals surface area (Å²) in [6.07, 6.45) is -0.943. The molecule has 2 amide bonds. The molecule has 3 aromatic rings. The van der Waals surface area contributed by atoms with Gasteiger partial charge in [0.25, 0.3) is 5.91 Å². The Hall–Kier alpha value is -3.97. The van der Waals surface area contributed by atoms with Gasteiger partial charge in [-0.25, -0.2) is 14.8 Å². The molecule has 2 heterocycles. The largest absolute Gasteiger partial charge is 0.462 e. The molecule has 34 heavy (non-hydrogen) atoms. The van der Waals surface area contributed by atoms with Crippen molar-refractivity contribution in [1.29, 1.82) is 0 Å². The van der Waals surface area contributed by atoms with Gasteiger partial charge in [0, 0.05) is 0 Å². The molecule has 0 bridgehead atoms. The van der Waals surface area contributed by atoms with Gasteiger partial charge in [0.15, 0.2) is 6.10 Å². The maximum atomic E-state index is 13.7. The minimum atomic E-state index is -0.943. The van der Waals surface area contributed by atoms with Gasteiger partial charge in [0.1, 0.15) is 5.92 Å². The third-order valence-electron chi connectivity index (χ3n) is 6.25. The Balaban J connectivity index is 1.51. The molecule has 2 saturated heterocycles. The number of amides is 2. The van der Waals surface area contributed by atoms with Crippen molar-refractivity contribution in [1.82, 2.24) is 0 Å². The van der Waals surface area contributed by atoms with E-state index in [-0.39, 0.29) is 12.5 Å². The number of para-hydroxylation sites is 1. The van der Waals surface area contributed by atoms with Gasteiger partial charge in [-0.3, -0.25) is 14.4 Å². The van der Waals surface area contributed by atoms with Crippen molar-refractivity contribution in [3.63, 3.8) is 0 Å². The summed E-state index contributed by atoms with van der Waals surface area (Å²) in [4.78, 5) is 46.4. The Morgan fingerprint density at radius 1 is 0.912 bits per heavy atom. The van der Waals surface area contributed by atoms with E-state index < -0.39 is 29.9 Å². The molecule has 0 aliphatic carbocycles. The third kappa shape index (κ3) is 3.54. The number of hydrogen-bond acceptors (Lipinski definition) is 6. The first kappa shape index (κ1) is 21.9. The first-order chi connectivity index (χ1) is 16.5. The van der Waals surface area contributed by atoms with Crippen molar-refractivity contribution in [3.05, 3.63) is 95.6 Å². The van der Waals surface area contributed by atoms with Crippen molar-refractivity contribution in [2.75, 3.05) is 16.6 Å². The number of imide groups is 1. The summed E-state index contributed by atoms with van der Waals surface area (Å²) < 4.78 is 5.01. The lowest BCUT2D eigenvalue weighted by atomic mass is 9.90. The van der Waals surface area contributed by atoms with Crippen LogP contribution < -0.4 is 9.96 Å². The Kier molecular flexibility index (Phi) is 5.63. The van der Waals surface area contributed by atoms with Gasteiger partial charge in [0.05, 0.1) is 29.6 Å². The fraction of sp³-hybridized carbons (Fsp3) is 0.222. The Morgan fingerprint density at radius 2 is 1.59 bits per heavy atom. The van der Waals surface area contributed by atoms with Gasteiger partial charge >= 0.3 is 5.97 Å². The monoisotopic (exact) mass is 456 g/mol. The molecule has 172 valence electrons. The van der Waals surface area contributed by atoms with Crippen LogP contribution in [0, 0.1) is 12.8 Å². The van der Waals surface area contributed by atoms with E-state index >= 15 is 0 Å². The highest BCUT2D eigenvalue weighted by Gasteiger charge is 2.60. The van der Waals surface area contributed by atoms with Crippen LogP contribution in [-0.4, -0.2) is 30.5 Å². The van der Waals surface area contributed by atoms with Crippen LogP contribution in [0.3, 0.4) is 0 Å². The summed E-state index contributed by atoms with van der Waals surface area (Å²) in [5, 5.41) is 1.71. The Morgan fingerprint density at radius 3 is 2.26 bits per heavy atom. The second-order valence-electron chi connectivity index (χ2n) is 8.30. The van der Waals surface area contributed by atoms with E-state index in [1.54, 1.807) is 36.3 Å². The molecule has 0 saturated carbocycles. The van der Waals surface area contributed by atoms with Crippen molar-refractivity contribution >= 4 is 29.2 Å². The number of esters is 1. The molecular weight excluding hydrogens is 432 g/mol. The highest BCUT2D eigenvalue weighted by atomic mass is 16.7. The maximum Gasteiger partial charge on any atom is 0.338 e. The molecule has 0 N–H and O–H groups in total. The Bertz CT molecular complexity index is 1240. The van der Waals surface area contributed by atoms with Gasteiger partial charge in [-0.15, -0.1) is 0 Å². The third-order valence-corrected chi connectivity index (χ3v) is 6.25. The maximum absolute atomic E-state index is 13.7. The molecule has 2 aliphatic rings. The molecule has 3 atom stereocenters. The number of ether oxygens (including phenoxy) is 1. The molecule has 0 unspecified atom stereocenters. The first-order valence-electron chi connectivity index (χ1n) is 11.2. The van der Waals surface area contributed by atoms with E-state index in [0.29, 0.717) is 11.3 Å². The average molecular weight is 456 g/mol. The van der Waals surface area contributed by atoms with Crippen LogP contribution >= 0.6 is 0 Å². The van der Waals surface area contributed by atoms with Gasteiger partial charge < -0.3 is 4.74 Å². The fourth-order valence-electron chi connectivity index (χ4n) is 4.64. The van der Waals surface area contributed by atoms with Gasteiger partial charge in [0.2, 0.25) is 5.91 Å². The summed E-state index contributed by atoms with van der Waals surface area (Å²) >= 11 is 0. The number of fused-ring (bicyclic) bond motifs is 1. The number of carbonyl (C=O) groups excluding carboxylic acids is 3. The summed E-state index contributed by atoms with van der Waals surface area (Å²) in [5.41, 5.74) is 3.44.